The van der Waals surface area contributed by atoms with E-state index in [1.165, 1.54) is 12.3 Å². The van der Waals surface area contributed by atoms with Crippen LogP contribution in [0.4, 0.5) is 13.2 Å². The number of benzene rings is 1. The van der Waals surface area contributed by atoms with Gasteiger partial charge >= 0.3 is 6.18 Å². The van der Waals surface area contributed by atoms with Gasteiger partial charge in [-0.05, 0) is 48.2 Å². The van der Waals surface area contributed by atoms with Crippen LogP contribution in [-0.2, 0) is 28.3 Å². The summed E-state index contributed by atoms with van der Waals surface area (Å²) in [6.07, 6.45) is -1.99. The zero-order valence-electron chi connectivity index (χ0n) is 18.7. The lowest BCUT2D eigenvalue weighted by Crippen LogP contribution is -2.43. The van der Waals surface area contributed by atoms with E-state index in [2.05, 4.69) is 20.8 Å². The smallest absolute Gasteiger partial charge is 0.372 e. The molecular formula is C23H20Cl2F3N5O3. The second-order valence-electron chi connectivity index (χ2n) is 8.98. The summed E-state index contributed by atoms with van der Waals surface area (Å²) in [4.78, 5) is 35.1. The maximum atomic E-state index is 14.2. The molecule has 2 N–H and O–H groups in total. The van der Waals surface area contributed by atoms with Gasteiger partial charge in [-0.15, -0.1) is 0 Å². The molecule has 0 saturated heterocycles. The van der Waals surface area contributed by atoms with Gasteiger partial charge in [-0.25, -0.2) is 0 Å². The summed E-state index contributed by atoms with van der Waals surface area (Å²) in [5.74, 6) is -0.688. The van der Waals surface area contributed by atoms with Gasteiger partial charge in [0.25, 0.3) is 11.5 Å². The van der Waals surface area contributed by atoms with Crippen LogP contribution in [-0.4, -0.2) is 46.3 Å². The molecule has 1 unspecified atom stereocenters. The van der Waals surface area contributed by atoms with Gasteiger partial charge < -0.3 is 20.4 Å². The van der Waals surface area contributed by atoms with E-state index in [9.17, 15) is 22.8 Å². The minimum atomic E-state index is -4.79. The number of carbonyl (C=O) groups excluding carboxylic acids is 2. The molecule has 3 heterocycles. The third kappa shape index (κ3) is 4.81. The molecule has 0 bridgehead atoms. The van der Waals surface area contributed by atoms with Crippen molar-refractivity contribution in [2.24, 2.45) is 5.16 Å². The van der Waals surface area contributed by atoms with Crippen LogP contribution < -0.4 is 10.6 Å². The SMILES string of the molecule is O=C(CNC(=O)c1cc2c(cn1)CN(C1=NOC(c3cc(Cl)cc(Cl)c3)(C(F)(F)F)C1)C2)NC1CC1. The van der Waals surface area contributed by atoms with E-state index in [0.717, 1.165) is 36.1 Å². The van der Waals surface area contributed by atoms with Crippen molar-refractivity contribution in [1.82, 2.24) is 20.5 Å². The molecule has 8 nitrogen and oxygen atoms in total. The van der Waals surface area contributed by atoms with Crippen molar-refractivity contribution < 1.29 is 27.6 Å². The van der Waals surface area contributed by atoms with E-state index < -0.39 is 24.1 Å². The Labute approximate surface area is 213 Å². The van der Waals surface area contributed by atoms with Crippen molar-refractivity contribution in [3.63, 3.8) is 0 Å². The van der Waals surface area contributed by atoms with E-state index in [-0.39, 0.29) is 58.7 Å². The first-order valence-corrected chi connectivity index (χ1v) is 11.9. The average Bonchev–Trinajstić information content (AvgIpc) is 3.32. The summed E-state index contributed by atoms with van der Waals surface area (Å²) < 4.78 is 42.7. The molecule has 1 fully saturated rings. The van der Waals surface area contributed by atoms with E-state index in [1.54, 1.807) is 11.0 Å². The molecule has 36 heavy (non-hydrogen) atoms. The molecule has 2 aliphatic heterocycles. The standard InChI is InChI=1S/C23H20Cl2F3N5O3/c24-15-4-14(5-16(25)6-15)22(23(26,27)28)7-19(32-36-22)33-10-12-3-18(29-8-13(12)11-33)21(35)30-9-20(34)31-17-1-2-17/h3-6,8,17H,1-2,7,9-11H2,(H,30,35)(H,31,34). The van der Waals surface area contributed by atoms with Crippen molar-refractivity contribution in [1.29, 1.82) is 0 Å². The third-order valence-electron chi connectivity index (χ3n) is 6.26. The van der Waals surface area contributed by atoms with Gasteiger partial charge in [0.05, 0.1) is 13.0 Å². The monoisotopic (exact) mass is 541 g/mol. The van der Waals surface area contributed by atoms with Crippen LogP contribution in [0.1, 0.15) is 46.4 Å². The van der Waals surface area contributed by atoms with Gasteiger partial charge in [-0.2, -0.15) is 13.2 Å². The van der Waals surface area contributed by atoms with Crippen LogP contribution in [0.5, 0.6) is 0 Å². The number of halogens is 5. The topological polar surface area (TPSA) is 95.9 Å². The van der Waals surface area contributed by atoms with Crippen molar-refractivity contribution >= 4 is 40.9 Å². The van der Waals surface area contributed by atoms with E-state index in [4.69, 9.17) is 28.0 Å². The molecule has 2 amide bonds. The molecule has 1 aromatic heterocycles. The maximum Gasteiger partial charge on any atom is 0.435 e. The van der Waals surface area contributed by atoms with Crippen molar-refractivity contribution in [2.75, 3.05) is 6.54 Å². The van der Waals surface area contributed by atoms with Crippen LogP contribution in [0, 0.1) is 0 Å². The summed E-state index contributed by atoms with van der Waals surface area (Å²) >= 11 is 11.9. The Bertz CT molecular complexity index is 1250. The third-order valence-corrected chi connectivity index (χ3v) is 6.69. The molecule has 0 radical (unpaired) electrons. The molecule has 0 spiro atoms. The van der Waals surface area contributed by atoms with E-state index in [1.807, 2.05) is 0 Å². The van der Waals surface area contributed by atoms with Crippen LogP contribution in [0.25, 0.3) is 0 Å². The van der Waals surface area contributed by atoms with Gasteiger partial charge in [0, 0.05) is 40.9 Å². The minimum Gasteiger partial charge on any atom is -0.372 e. The number of hydrogen-bond donors (Lipinski definition) is 2. The largest absolute Gasteiger partial charge is 0.435 e. The number of rotatable bonds is 5. The predicted octanol–water partition coefficient (Wildman–Crippen LogP) is 3.90. The first-order chi connectivity index (χ1) is 17.0. The highest BCUT2D eigenvalue weighted by atomic mass is 35.5. The minimum absolute atomic E-state index is 0.0497. The van der Waals surface area contributed by atoms with Gasteiger partial charge in [-0.1, -0.05) is 28.4 Å². The van der Waals surface area contributed by atoms with Gasteiger partial charge in [0.2, 0.25) is 5.91 Å². The quantitative estimate of drug-likeness (QED) is 0.598. The number of fused-ring (bicyclic) bond motifs is 1. The van der Waals surface area contributed by atoms with Crippen LogP contribution in [0.3, 0.4) is 0 Å². The second-order valence-corrected chi connectivity index (χ2v) is 9.85. The summed E-state index contributed by atoms with van der Waals surface area (Å²) in [6.45, 7) is 0.300. The number of carbonyl (C=O) groups is 2. The zero-order valence-corrected chi connectivity index (χ0v) is 20.2. The van der Waals surface area contributed by atoms with Gasteiger partial charge in [0.1, 0.15) is 11.5 Å². The number of nitrogens with zero attached hydrogens (tertiary/aromatic N) is 3. The molecule has 2 aromatic rings. The first-order valence-electron chi connectivity index (χ1n) is 11.1. The fraction of sp³-hybridized carbons (Fsp3) is 0.391. The summed E-state index contributed by atoms with van der Waals surface area (Å²) in [6, 6.07) is 5.42. The van der Waals surface area contributed by atoms with Crippen molar-refractivity contribution in [2.45, 2.75) is 50.2 Å². The molecule has 1 atom stereocenters. The molecule has 190 valence electrons. The van der Waals surface area contributed by atoms with E-state index in [0.29, 0.717) is 0 Å². The van der Waals surface area contributed by atoms with Gasteiger partial charge in [-0.3, -0.25) is 14.6 Å². The van der Waals surface area contributed by atoms with E-state index >= 15 is 0 Å². The highest BCUT2D eigenvalue weighted by Gasteiger charge is 2.63. The highest BCUT2D eigenvalue weighted by molar-refractivity contribution is 6.34. The Kier molecular flexibility index (Phi) is 6.24. The Morgan fingerprint density at radius 2 is 1.81 bits per heavy atom. The van der Waals surface area contributed by atoms with Crippen molar-refractivity contribution in [3.05, 3.63) is 62.9 Å². The zero-order chi connectivity index (χ0) is 25.7. The molecule has 1 saturated carbocycles. The number of amidine groups is 1. The Hall–Kier alpha value is -3.05. The predicted molar refractivity (Wildman–Crippen MR) is 124 cm³/mol. The lowest BCUT2D eigenvalue weighted by Gasteiger charge is -2.30. The first kappa shape index (κ1) is 24.6. The Balaban J connectivity index is 1.28. The molecule has 1 aliphatic carbocycles. The van der Waals surface area contributed by atoms with Gasteiger partial charge in [0.15, 0.2) is 0 Å². The van der Waals surface area contributed by atoms with Crippen LogP contribution >= 0.6 is 23.2 Å². The molecular weight excluding hydrogens is 522 g/mol. The Morgan fingerprint density at radius 1 is 1.11 bits per heavy atom. The molecule has 1 aromatic carbocycles. The second kappa shape index (κ2) is 9.11. The summed E-state index contributed by atoms with van der Waals surface area (Å²) in [7, 11) is 0. The fourth-order valence-electron chi connectivity index (χ4n) is 4.19. The highest BCUT2D eigenvalue weighted by Crippen LogP contribution is 2.49. The van der Waals surface area contributed by atoms with Crippen LogP contribution in [0.15, 0.2) is 35.6 Å². The number of nitrogens with one attached hydrogen (secondary N) is 2. The lowest BCUT2D eigenvalue weighted by atomic mass is 9.89. The normalized spacial score (nSPS) is 21.0. The number of hydrogen-bond acceptors (Lipinski definition) is 6. The Morgan fingerprint density at radius 3 is 2.47 bits per heavy atom. The van der Waals surface area contributed by atoms with Crippen molar-refractivity contribution in [3.8, 4) is 0 Å². The fourth-order valence-corrected chi connectivity index (χ4v) is 4.72. The summed E-state index contributed by atoms with van der Waals surface area (Å²) in [5.41, 5.74) is -1.39. The number of amides is 2. The summed E-state index contributed by atoms with van der Waals surface area (Å²) in [5, 5.41) is 9.18. The molecule has 13 heteroatoms. The number of alkyl halides is 3. The average molecular weight is 542 g/mol. The molecule has 5 rings (SSSR count). The number of aromatic nitrogens is 1. The lowest BCUT2D eigenvalue weighted by molar-refractivity contribution is -0.275. The number of oxime groups is 1. The maximum absolute atomic E-state index is 14.2. The molecule has 3 aliphatic rings. The van der Waals surface area contributed by atoms with Crippen LogP contribution in [0.2, 0.25) is 10.0 Å². The number of pyridine rings is 1.